The Kier molecular flexibility index (Phi) is 7.48. The van der Waals surface area contributed by atoms with E-state index in [0.29, 0.717) is 12.1 Å². The molecule has 1 aromatic heterocycles. The van der Waals surface area contributed by atoms with Crippen molar-refractivity contribution in [3.63, 3.8) is 0 Å². The van der Waals surface area contributed by atoms with Gasteiger partial charge in [0.2, 0.25) is 5.91 Å². The molecule has 3 N–H and O–H groups in total. The predicted octanol–water partition coefficient (Wildman–Crippen LogP) is 4.97. The van der Waals surface area contributed by atoms with Crippen LogP contribution in [0.1, 0.15) is 49.8 Å². The standard InChI is InChI=1S/C26H29F3N4O3S/c1-18-5-7-19(8-6-18)22-15-23(26(27,28)29)31-33(22)20-9-11-21(12-10-20)37(35,36)32-24(34)16-25(17-30)13-3-2-4-14-25/h5-12,15H,2-4,13-14,16-17,30H2,1H3,(H,32,34). The zero-order chi connectivity index (χ0) is 26.8. The van der Waals surface area contributed by atoms with Crippen molar-refractivity contribution in [1.82, 2.24) is 14.5 Å². The van der Waals surface area contributed by atoms with Crippen LogP contribution in [0.5, 0.6) is 0 Å². The molecule has 0 atom stereocenters. The fourth-order valence-electron chi connectivity index (χ4n) is 4.75. The summed E-state index contributed by atoms with van der Waals surface area (Å²) >= 11 is 0. The first-order chi connectivity index (χ1) is 17.4. The third kappa shape index (κ3) is 6.04. The van der Waals surface area contributed by atoms with E-state index in [-0.39, 0.29) is 22.7 Å². The number of benzene rings is 2. The number of nitrogens with one attached hydrogen (secondary N) is 1. The number of halogens is 3. The van der Waals surface area contributed by atoms with Crippen LogP contribution in [-0.2, 0) is 21.0 Å². The Hall–Kier alpha value is -3.18. The highest BCUT2D eigenvalue weighted by Gasteiger charge is 2.36. The van der Waals surface area contributed by atoms with Crippen LogP contribution in [-0.4, -0.2) is 30.7 Å². The summed E-state index contributed by atoms with van der Waals surface area (Å²) in [4.78, 5) is 12.4. The summed E-state index contributed by atoms with van der Waals surface area (Å²) in [6.45, 7) is 2.17. The summed E-state index contributed by atoms with van der Waals surface area (Å²) in [5.74, 6) is -0.625. The summed E-state index contributed by atoms with van der Waals surface area (Å²) in [7, 11) is -4.18. The Morgan fingerprint density at radius 1 is 1.05 bits per heavy atom. The Morgan fingerprint density at radius 2 is 1.68 bits per heavy atom. The number of carbonyl (C=O) groups is 1. The Bertz CT molecular complexity index is 1360. The lowest BCUT2D eigenvalue weighted by atomic mass is 9.72. The van der Waals surface area contributed by atoms with E-state index in [0.717, 1.165) is 48.4 Å². The maximum atomic E-state index is 13.4. The van der Waals surface area contributed by atoms with E-state index in [1.54, 1.807) is 24.3 Å². The van der Waals surface area contributed by atoms with E-state index < -0.39 is 33.2 Å². The second kappa shape index (κ2) is 10.3. The van der Waals surface area contributed by atoms with Gasteiger partial charge in [0.1, 0.15) is 0 Å². The average Bonchev–Trinajstić information content (AvgIpc) is 3.31. The van der Waals surface area contributed by atoms with E-state index in [2.05, 4.69) is 9.82 Å². The molecule has 0 bridgehead atoms. The molecule has 198 valence electrons. The van der Waals surface area contributed by atoms with Crippen LogP contribution in [0.4, 0.5) is 13.2 Å². The normalized spacial score (nSPS) is 15.9. The fourth-order valence-corrected chi connectivity index (χ4v) is 5.74. The molecule has 0 saturated heterocycles. The summed E-state index contributed by atoms with van der Waals surface area (Å²) in [6, 6.07) is 13.1. The van der Waals surface area contributed by atoms with Gasteiger partial charge in [0.05, 0.1) is 16.3 Å². The van der Waals surface area contributed by atoms with Gasteiger partial charge < -0.3 is 5.73 Å². The number of nitrogens with two attached hydrogens (primary N) is 1. The van der Waals surface area contributed by atoms with Crippen LogP contribution in [0.2, 0.25) is 0 Å². The minimum Gasteiger partial charge on any atom is -0.330 e. The predicted molar refractivity (Wildman–Crippen MR) is 133 cm³/mol. The Balaban J connectivity index is 1.58. The number of aromatic nitrogens is 2. The second-order valence-electron chi connectivity index (χ2n) is 9.65. The maximum Gasteiger partial charge on any atom is 0.435 e. The summed E-state index contributed by atoms with van der Waals surface area (Å²) in [5.41, 5.74) is 6.36. The largest absolute Gasteiger partial charge is 0.435 e. The molecule has 7 nitrogen and oxygen atoms in total. The molecular weight excluding hydrogens is 505 g/mol. The number of carbonyl (C=O) groups excluding carboxylic acids is 1. The SMILES string of the molecule is Cc1ccc(-c2cc(C(F)(F)F)nn2-c2ccc(S(=O)(=O)NC(=O)CC3(CN)CCCCC3)cc2)cc1. The van der Waals surface area contributed by atoms with Crippen LogP contribution in [0.3, 0.4) is 0 Å². The Morgan fingerprint density at radius 3 is 2.24 bits per heavy atom. The number of alkyl halides is 3. The monoisotopic (exact) mass is 534 g/mol. The first-order valence-corrected chi connectivity index (χ1v) is 13.5. The smallest absolute Gasteiger partial charge is 0.330 e. The van der Waals surface area contributed by atoms with Gasteiger partial charge in [-0.25, -0.2) is 17.8 Å². The van der Waals surface area contributed by atoms with Crippen molar-refractivity contribution in [2.45, 2.75) is 56.5 Å². The number of sulfonamides is 1. The molecule has 0 aliphatic heterocycles. The second-order valence-corrected chi connectivity index (χ2v) is 11.3. The van der Waals surface area contributed by atoms with Gasteiger partial charge in [-0.05, 0) is 62.1 Å². The lowest BCUT2D eigenvalue weighted by Crippen LogP contribution is -2.40. The molecule has 4 rings (SSSR count). The lowest BCUT2D eigenvalue weighted by Gasteiger charge is -2.35. The number of hydrogen-bond donors (Lipinski definition) is 2. The minimum absolute atomic E-state index is 0.0221. The van der Waals surface area contributed by atoms with Crippen molar-refractivity contribution in [1.29, 1.82) is 0 Å². The van der Waals surface area contributed by atoms with Crippen molar-refractivity contribution >= 4 is 15.9 Å². The van der Waals surface area contributed by atoms with E-state index in [9.17, 15) is 26.4 Å². The van der Waals surface area contributed by atoms with Gasteiger partial charge >= 0.3 is 6.18 Å². The molecule has 1 fully saturated rings. The number of hydrogen-bond acceptors (Lipinski definition) is 5. The third-order valence-electron chi connectivity index (χ3n) is 6.87. The van der Waals surface area contributed by atoms with Crippen molar-refractivity contribution < 1.29 is 26.4 Å². The first kappa shape index (κ1) is 26.9. The van der Waals surface area contributed by atoms with Crippen LogP contribution in [0, 0.1) is 12.3 Å². The summed E-state index contributed by atoms with van der Waals surface area (Å²) in [5, 5.41) is 3.73. The van der Waals surface area contributed by atoms with Crippen molar-refractivity contribution in [3.8, 4) is 16.9 Å². The topological polar surface area (TPSA) is 107 Å². The summed E-state index contributed by atoms with van der Waals surface area (Å²) in [6.07, 6.45) is -0.108. The molecule has 1 aliphatic rings. The van der Waals surface area contributed by atoms with Crippen molar-refractivity contribution in [2.24, 2.45) is 11.1 Å². The van der Waals surface area contributed by atoms with Crippen LogP contribution >= 0.6 is 0 Å². The fraction of sp³-hybridized carbons (Fsp3) is 0.385. The maximum absolute atomic E-state index is 13.4. The van der Waals surface area contributed by atoms with Gasteiger partial charge in [-0.15, -0.1) is 0 Å². The minimum atomic E-state index is -4.66. The molecule has 1 heterocycles. The molecule has 11 heteroatoms. The number of aryl methyl sites for hydroxylation is 1. The van der Waals surface area contributed by atoms with E-state index in [1.807, 2.05) is 6.92 Å². The molecule has 37 heavy (non-hydrogen) atoms. The Labute approximate surface area is 213 Å². The molecule has 1 amide bonds. The van der Waals surface area contributed by atoms with E-state index in [4.69, 9.17) is 5.73 Å². The highest BCUT2D eigenvalue weighted by atomic mass is 32.2. The molecule has 1 aliphatic carbocycles. The zero-order valence-corrected chi connectivity index (χ0v) is 21.2. The first-order valence-electron chi connectivity index (χ1n) is 12.0. The van der Waals surface area contributed by atoms with Crippen LogP contribution in [0.15, 0.2) is 59.5 Å². The van der Waals surface area contributed by atoms with Gasteiger partial charge in [0.25, 0.3) is 10.0 Å². The van der Waals surface area contributed by atoms with Gasteiger partial charge in [-0.3, -0.25) is 4.79 Å². The molecular formula is C26H29F3N4O3S. The highest BCUT2D eigenvalue weighted by Crippen LogP contribution is 2.38. The van der Waals surface area contributed by atoms with Gasteiger partial charge in [0.15, 0.2) is 5.69 Å². The third-order valence-corrected chi connectivity index (χ3v) is 8.26. The van der Waals surface area contributed by atoms with Crippen molar-refractivity contribution in [3.05, 3.63) is 65.9 Å². The lowest BCUT2D eigenvalue weighted by molar-refractivity contribution is -0.141. The zero-order valence-electron chi connectivity index (χ0n) is 20.4. The molecule has 1 saturated carbocycles. The summed E-state index contributed by atoms with van der Waals surface area (Å²) < 4.78 is 69.2. The molecule has 2 aromatic carbocycles. The molecule has 3 aromatic rings. The van der Waals surface area contributed by atoms with Crippen LogP contribution in [0.25, 0.3) is 16.9 Å². The number of rotatable bonds is 7. The average molecular weight is 535 g/mol. The molecule has 0 spiro atoms. The van der Waals surface area contributed by atoms with Gasteiger partial charge in [-0.2, -0.15) is 18.3 Å². The number of nitrogens with zero attached hydrogens (tertiary/aromatic N) is 2. The molecule has 0 radical (unpaired) electrons. The van der Waals surface area contributed by atoms with E-state index in [1.165, 1.54) is 24.3 Å². The van der Waals surface area contributed by atoms with Gasteiger partial charge in [-0.1, -0.05) is 49.1 Å². The molecule has 0 unspecified atom stereocenters. The van der Waals surface area contributed by atoms with Crippen LogP contribution < -0.4 is 10.5 Å². The van der Waals surface area contributed by atoms with E-state index >= 15 is 0 Å². The van der Waals surface area contributed by atoms with Gasteiger partial charge in [0, 0.05) is 12.0 Å². The quantitative estimate of drug-likeness (QED) is 0.445. The highest BCUT2D eigenvalue weighted by molar-refractivity contribution is 7.90. The number of amides is 1. The van der Waals surface area contributed by atoms with Crippen molar-refractivity contribution in [2.75, 3.05) is 6.54 Å².